The van der Waals surface area contributed by atoms with Gasteiger partial charge in [-0.2, -0.15) is 0 Å². The fraction of sp³-hybridized carbons (Fsp3) is 0.312. The van der Waals surface area contributed by atoms with Crippen LogP contribution in [0, 0.1) is 13.8 Å². The number of aryl methyl sites for hydroxylation is 2. The molecule has 2 aromatic rings. The summed E-state index contributed by atoms with van der Waals surface area (Å²) in [4.78, 5) is 4.35. The van der Waals surface area contributed by atoms with Gasteiger partial charge < -0.3 is 0 Å². The van der Waals surface area contributed by atoms with Crippen LogP contribution < -0.4 is 4.31 Å². The molecule has 0 saturated heterocycles. The Morgan fingerprint density at radius 1 is 1.27 bits per heavy atom. The number of para-hydroxylation sites is 1. The van der Waals surface area contributed by atoms with E-state index in [1.807, 2.05) is 25.1 Å². The third kappa shape index (κ3) is 2.34. The summed E-state index contributed by atoms with van der Waals surface area (Å²) in [6.45, 7) is 6.27. The van der Waals surface area contributed by atoms with Crippen molar-refractivity contribution in [2.24, 2.45) is 0 Å². The van der Waals surface area contributed by atoms with Gasteiger partial charge in [-0.1, -0.05) is 25.1 Å². The zero-order valence-electron chi connectivity index (χ0n) is 12.7. The van der Waals surface area contributed by atoms with Crippen LogP contribution in [0.3, 0.4) is 0 Å². The molecule has 1 aromatic heterocycles. The first kappa shape index (κ1) is 15.5. The average Bonchev–Trinajstić information content (AvgIpc) is 2.78. The predicted octanol–water partition coefficient (Wildman–Crippen LogP) is 3.77. The monoisotopic (exact) mass is 380 g/mol. The molecule has 2 heterocycles. The van der Waals surface area contributed by atoms with Gasteiger partial charge in [-0.15, -0.1) is 0 Å². The van der Waals surface area contributed by atoms with Crippen molar-refractivity contribution < 1.29 is 8.42 Å². The van der Waals surface area contributed by atoms with Crippen molar-refractivity contribution in [1.82, 2.24) is 4.98 Å². The first-order valence-corrected chi connectivity index (χ1v) is 9.30. The number of sulfonamides is 1. The quantitative estimate of drug-likeness (QED) is 0.744. The number of hydrogen-bond acceptors (Lipinski definition) is 3. The number of anilines is 1. The van der Waals surface area contributed by atoms with Gasteiger partial charge in [0.25, 0.3) is 10.0 Å². The lowest BCUT2D eigenvalue weighted by atomic mass is 10.0. The summed E-state index contributed by atoms with van der Waals surface area (Å²) in [7, 11) is -3.60. The number of rotatable bonds is 2. The van der Waals surface area contributed by atoms with Gasteiger partial charge in [-0.3, -0.25) is 4.31 Å². The zero-order valence-corrected chi connectivity index (χ0v) is 15.1. The van der Waals surface area contributed by atoms with E-state index >= 15 is 0 Å². The molecule has 0 aliphatic carbocycles. The molecule has 1 atom stereocenters. The summed E-state index contributed by atoms with van der Waals surface area (Å²) in [5.41, 5.74) is 3.58. The molecular weight excluding hydrogens is 364 g/mol. The third-order valence-corrected chi connectivity index (χ3v) is 6.42. The number of hydrogen-bond donors (Lipinski definition) is 0. The molecule has 1 aromatic carbocycles. The molecule has 1 unspecified atom stereocenters. The lowest BCUT2D eigenvalue weighted by Crippen LogP contribution is -2.30. The largest absolute Gasteiger partial charge is 0.266 e. The Hall–Kier alpha value is -1.40. The van der Waals surface area contributed by atoms with Crippen molar-refractivity contribution in [3.63, 3.8) is 0 Å². The van der Waals surface area contributed by atoms with Gasteiger partial charge in [0.1, 0.15) is 9.50 Å². The summed E-state index contributed by atoms with van der Waals surface area (Å²) in [6.07, 6.45) is 1.43. The third-order valence-electron chi connectivity index (χ3n) is 4.09. The van der Waals surface area contributed by atoms with Gasteiger partial charge in [-0.25, -0.2) is 13.4 Å². The lowest BCUT2D eigenvalue weighted by Gasteiger charge is -2.22. The van der Waals surface area contributed by atoms with E-state index < -0.39 is 10.0 Å². The summed E-state index contributed by atoms with van der Waals surface area (Å²) < 4.78 is 28.4. The zero-order chi connectivity index (χ0) is 16.1. The van der Waals surface area contributed by atoms with E-state index in [1.54, 1.807) is 13.0 Å². The molecule has 0 N–H and O–H groups in total. The molecule has 3 rings (SSSR count). The molecule has 0 saturated carbocycles. The topological polar surface area (TPSA) is 50.3 Å². The second-order valence-corrected chi connectivity index (χ2v) is 8.37. The molecule has 0 radical (unpaired) electrons. The standard InChI is InChI=1S/C16H17BrN2O2S/c1-10-5-4-6-13-12(3)9-19(16(10)13)22(20,21)14-8-18-15(17)7-11(14)2/h4-8,12H,9H2,1-3H3. The number of aromatic nitrogens is 1. The van der Waals surface area contributed by atoms with Crippen molar-refractivity contribution >= 4 is 31.6 Å². The second-order valence-electron chi connectivity index (χ2n) is 5.72. The second kappa shape index (κ2) is 5.35. The number of benzene rings is 1. The van der Waals surface area contributed by atoms with Crippen molar-refractivity contribution in [3.05, 3.63) is 51.8 Å². The number of halogens is 1. The van der Waals surface area contributed by atoms with Crippen LogP contribution in [0.1, 0.15) is 29.5 Å². The van der Waals surface area contributed by atoms with Crippen LogP contribution >= 0.6 is 15.9 Å². The predicted molar refractivity (Wildman–Crippen MR) is 90.8 cm³/mol. The fourth-order valence-corrected chi connectivity index (χ4v) is 5.22. The maximum atomic E-state index is 13.1. The molecule has 1 aliphatic rings. The highest BCUT2D eigenvalue weighted by Crippen LogP contribution is 2.41. The SMILES string of the molecule is Cc1cc(Br)ncc1S(=O)(=O)N1CC(C)c2cccc(C)c21. The normalized spacial score (nSPS) is 17.6. The van der Waals surface area contributed by atoms with E-state index in [0.29, 0.717) is 16.7 Å². The molecule has 0 fully saturated rings. The summed E-state index contributed by atoms with van der Waals surface area (Å²) in [5, 5.41) is 0. The average molecular weight is 381 g/mol. The number of fused-ring (bicyclic) bond motifs is 1. The van der Waals surface area contributed by atoms with Crippen LogP contribution in [-0.2, 0) is 10.0 Å². The van der Waals surface area contributed by atoms with Gasteiger partial charge in [-0.05, 0) is 52.5 Å². The van der Waals surface area contributed by atoms with Crippen LogP contribution in [0.5, 0.6) is 0 Å². The molecule has 116 valence electrons. The minimum atomic E-state index is -3.60. The maximum absolute atomic E-state index is 13.1. The molecule has 6 heteroatoms. The van der Waals surface area contributed by atoms with Crippen molar-refractivity contribution in [2.45, 2.75) is 31.6 Å². The first-order chi connectivity index (χ1) is 10.3. The Morgan fingerprint density at radius 3 is 2.68 bits per heavy atom. The molecule has 0 bridgehead atoms. The minimum absolute atomic E-state index is 0.188. The van der Waals surface area contributed by atoms with Crippen LogP contribution in [0.15, 0.2) is 40.0 Å². The molecule has 4 nitrogen and oxygen atoms in total. The van der Waals surface area contributed by atoms with E-state index in [9.17, 15) is 8.42 Å². The highest BCUT2D eigenvalue weighted by molar-refractivity contribution is 9.10. The maximum Gasteiger partial charge on any atom is 0.266 e. The van der Waals surface area contributed by atoms with Gasteiger partial charge >= 0.3 is 0 Å². The Bertz CT molecular complexity index is 849. The summed E-state index contributed by atoms with van der Waals surface area (Å²) in [6, 6.07) is 7.67. The first-order valence-electron chi connectivity index (χ1n) is 7.06. The molecule has 22 heavy (non-hydrogen) atoms. The van der Waals surface area contributed by atoms with Crippen molar-refractivity contribution in [2.75, 3.05) is 10.8 Å². The Kier molecular flexibility index (Phi) is 3.77. The van der Waals surface area contributed by atoms with Crippen LogP contribution in [0.4, 0.5) is 5.69 Å². The number of nitrogens with zero attached hydrogens (tertiary/aromatic N) is 2. The van der Waals surface area contributed by atoms with E-state index in [4.69, 9.17) is 0 Å². The van der Waals surface area contributed by atoms with E-state index in [2.05, 4.69) is 27.8 Å². The minimum Gasteiger partial charge on any atom is -0.265 e. The van der Waals surface area contributed by atoms with Crippen LogP contribution in [0.25, 0.3) is 0 Å². The Morgan fingerprint density at radius 2 is 2.00 bits per heavy atom. The van der Waals surface area contributed by atoms with Crippen molar-refractivity contribution in [3.8, 4) is 0 Å². The molecular formula is C16H17BrN2O2S. The van der Waals surface area contributed by atoms with Gasteiger partial charge in [0.05, 0.1) is 5.69 Å². The highest BCUT2D eigenvalue weighted by atomic mass is 79.9. The molecule has 0 amide bonds. The summed E-state index contributed by atoms with van der Waals surface area (Å²) in [5.74, 6) is 0.188. The lowest BCUT2D eigenvalue weighted by molar-refractivity contribution is 0.589. The van der Waals surface area contributed by atoms with E-state index in [-0.39, 0.29) is 10.8 Å². The van der Waals surface area contributed by atoms with Crippen LogP contribution in [-0.4, -0.2) is 19.9 Å². The Labute approximate surface area is 139 Å². The van der Waals surface area contributed by atoms with E-state index in [0.717, 1.165) is 16.8 Å². The van der Waals surface area contributed by atoms with E-state index in [1.165, 1.54) is 10.5 Å². The summed E-state index contributed by atoms with van der Waals surface area (Å²) >= 11 is 3.27. The van der Waals surface area contributed by atoms with Gasteiger partial charge in [0.15, 0.2) is 0 Å². The molecule has 0 spiro atoms. The highest BCUT2D eigenvalue weighted by Gasteiger charge is 2.36. The fourth-order valence-electron chi connectivity index (χ4n) is 2.97. The molecule has 1 aliphatic heterocycles. The van der Waals surface area contributed by atoms with Crippen LogP contribution in [0.2, 0.25) is 0 Å². The Balaban J connectivity index is 2.17. The van der Waals surface area contributed by atoms with Crippen molar-refractivity contribution in [1.29, 1.82) is 0 Å². The van der Waals surface area contributed by atoms with Gasteiger partial charge in [0.2, 0.25) is 0 Å². The van der Waals surface area contributed by atoms with Gasteiger partial charge in [0, 0.05) is 18.7 Å². The number of pyridine rings is 1. The smallest absolute Gasteiger partial charge is 0.265 e.